The molecule has 1 saturated heterocycles. The molecule has 0 aliphatic carbocycles. The van der Waals surface area contributed by atoms with E-state index in [2.05, 4.69) is 5.10 Å². The minimum absolute atomic E-state index is 0. The first-order valence-electron chi connectivity index (χ1n) is 6.46. The van der Waals surface area contributed by atoms with Crippen molar-refractivity contribution in [2.45, 2.75) is 26.2 Å². The van der Waals surface area contributed by atoms with E-state index in [-0.39, 0.29) is 30.8 Å². The Hall–Kier alpha value is -1.56. The van der Waals surface area contributed by atoms with Crippen LogP contribution in [0.1, 0.15) is 42.4 Å². The summed E-state index contributed by atoms with van der Waals surface area (Å²) in [5.41, 5.74) is 1.40. The van der Waals surface area contributed by atoms with Gasteiger partial charge in [-0.2, -0.15) is 5.10 Å². The van der Waals surface area contributed by atoms with E-state index in [9.17, 15) is 9.59 Å². The number of aryl methyl sites for hydroxylation is 1. The maximum atomic E-state index is 12.3. The van der Waals surface area contributed by atoms with Crippen LogP contribution in [0.3, 0.4) is 0 Å². The SMILES string of the molecule is CC(C)c1cc(C(=O)N2CCC(C(=O)O)C2)n(C)n1.Cl. The molecule has 1 fully saturated rings. The number of amides is 1. The number of hydrogen-bond acceptors (Lipinski definition) is 3. The second kappa shape index (κ2) is 6.26. The van der Waals surface area contributed by atoms with Crippen molar-refractivity contribution in [3.8, 4) is 0 Å². The molecule has 2 heterocycles. The number of carbonyl (C=O) groups is 2. The van der Waals surface area contributed by atoms with Gasteiger partial charge in [0.1, 0.15) is 5.69 Å². The maximum absolute atomic E-state index is 12.3. The fourth-order valence-electron chi connectivity index (χ4n) is 2.28. The molecule has 1 aromatic rings. The molecule has 1 amide bonds. The number of aliphatic carboxylic acids is 1. The fourth-order valence-corrected chi connectivity index (χ4v) is 2.28. The van der Waals surface area contributed by atoms with Crippen molar-refractivity contribution in [3.05, 3.63) is 17.5 Å². The monoisotopic (exact) mass is 301 g/mol. The molecule has 1 aliphatic heterocycles. The molecule has 0 bridgehead atoms. The van der Waals surface area contributed by atoms with Gasteiger partial charge >= 0.3 is 5.97 Å². The lowest BCUT2D eigenvalue weighted by molar-refractivity contribution is -0.141. The quantitative estimate of drug-likeness (QED) is 0.918. The van der Waals surface area contributed by atoms with Crippen molar-refractivity contribution in [3.63, 3.8) is 0 Å². The first-order chi connectivity index (χ1) is 8.90. The van der Waals surface area contributed by atoms with Crippen LogP contribution in [-0.4, -0.2) is 44.8 Å². The molecule has 1 aliphatic rings. The minimum atomic E-state index is -0.830. The van der Waals surface area contributed by atoms with Crippen LogP contribution in [-0.2, 0) is 11.8 Å². The summed E-state index contributed by atoms with van der Waals surface area (Å²) in [4.78, 5) is 24.9. The molecule has 6 nitrogen and oxygen atoms in total. The summed E-state index contributed by atoms with van der Waals surface area (Å²) >= 11 is 0. The van der Waals surface area contributed by atoms with E-state index in [4.69, 9.17) is 5.11 Å². The lowest BCUT2D eigenvalue weighted by atomic mass is 10.1. The summed E-state index contributed by atoms with van der Waals surface area (Å²) in [6, 6.07) is 1.79. The van der Waals surface area contributed by atoms with Crippen LogP contribution in [0, 0.1) is 5.92 Å². The van der Waals surface area contributed by atoms with Gasteiger partial charge in [-0.25, -0.2) is 0 Å². The average Bonchev–Trinajstić information content (AvgIpc) is 2.94. The van der Waals surface area contributed by atoms with Crippen LogP contribution in [0.15, 0.2) is 6.07 Å². The zero-order valence-electron chi connectivity index (χ0n) is 11.9. The Kier molecular flexibility index (Phi) is 5.16. The maximum Gasteiger partial charge on any atom is 0.308 e. The number of carboxylic acid groups (broad SMARTS) is 1. The standard InChI is InChI=1S/C13H19N3O3.ClH/c1-8(2)10-6-11(15(3)14-10)12(17)16-5-4-9(7-16)13(18)19;/h6,8-9H,4-5,7H2,1-3H3,(H,18,19);1H. The molecule has 7 heteroatoms. The predicted octanol–water partition coefficient (Wildman–Crippen LogP) is 1.51. The third kappa shape index (κ3) is 3.12. The summed E-state index contributed by atoms with van der Waals surface area (Å²) in [5, 5.41) is 13.3. The van der Waals surface area contributed by atoms with E-state index in [1.807, 2.05) is 13.8 Å². The van der Waals surface area contributed by atoms with Gasteiger partial charge in [-0.15, -0.1) is 12.4 Å². The van der Waals surface area contributed by atoms with Gasteiger partial charge in [0.15, 0.2) is 0 Å². The summed E-state index contributed by atoms with van der Waals surface area (Å²) in [7, 11) is 1.74. The summed E-state index contributed by atoms with van der Waals surface area (Å²) in [5.74, 6) is -1.14. The van der Waals surface area contributed by atoms with E-state index in [1.54, 1.807) is 22.7 Å². The second-order valence-electron chi connectivity index (χ2n) is 5.31. The largest absolute Gasteiger partial charge is 0.481 e. The Bertz CT molecular complexity index is 513. The number of likely N-dealkylation sites (tertiary alicyclic amines) is 1. The zero-order chi connectivity index (χ0) is 14.2. The van der Waals surface area contributed by atoms with Crippen LogP contribution in [0.2, 0.25) is 0 Å². The number of nitrogens with zero attached hydrogens (tertiary/aromatic N) is 3. The number of hydrogen-bond donors (Lipinski definition) is 1. The van der Waals surface area contributed by atoms with Crippen molar-refractivity contribution < 1.29 is 14.7 Å². The van der Waals surface area contributed by atoms with Gasteiger partial charge in [0.25, 0.3) is 5.91 Å². The second-order valence-corrected chi connectivity index (χ2v) is 5.31. The molecule has 1 unspecified atom stereocenters. The third-order valence-electron chi connectivity index (χ3n) is 3.53. The van der Waals surface area contributed by atoms with Gasteiger partial charge in [-0.05, 0) is 18.4 Å². The molecule has 0 spiro atoms. The predicted molar refractivity (Wildman–Crippen MR) is 76.2 cm³/mol. The van der Waals surface area contributed by atoms with E-state index in [0.29, 0.717) is 18.7 Å². The van der Waals surface area contributed by atoms with Crippen LogP contribution >= 0.6 is 12.4 Å². The fraction of sp³-hybridized carbons (Fsp3) is 0.615. The summed E-state index contributed by atoms with van der Waals surface area (Å²) in [6.45, 7) is 4.83. The average molecular weight is 302 g/mol. The molecule has 20 heavy (non-hydrogen) atoms. The first kappa shape index (κ1) is 16.5. The number of rotatable bonds is 3. The number of carboxylic acids is 1. The molecule has 1 N–H and O–H groups in total. The van der Waals surface area contributed by atoms with Gasteiger partial charge in [-0.1, -0.05) is 13.8 Å². The number of aromatic nitrogens is 2. The van der Waals surface area contributed by atoms with E-state index in [0.717, 1.165) is 5.69 Å². The molecule has 1 atom stereocenters. The van der Waals surface area contributed by atoms with Crippen molar-refractivity contribution in [1.82, 2.24) is 14.7 Å². The topological polar surface area (TPSA) is 75.4 Å². The Labute approximate surface area is 124 Å². The Morgan fingerprint density at radius 3 is 2.55 bits per heavy atom. The van der Waals surface area contributed by atoms with Crippen LogP contribution < -0.4 is 0 Å². The van der Waals surface area contributed by atoms with Gasteiger partial charge in [-0.3, -0.25) is 14.3 Å². The highest BCUT2D eigenvalue weighted by molar-refractivity contribution is 5.93. The Morgan fingerprint density at radius 2 is 2.10 bits per heavy atom. The lowest BCUT2D eigenvalue weighted by Crippen LogP contribution is -2.31. The highest BCUT2D eigenvalue weighted by Gasteiger charge is 2.32. The van der Waals surface area contributed by atoms with Gasteiger partial charge < -0.3 is 10.0 Å². The van der Waals surface area contributed by atoms with Crippen molar-refractivity contribution in [2.24, 2.45) is 13.0 Å². The van der Waals surface area contributed by atoms with Crippen molar-refractivity contribution in [2.75, 3.05) is 13.1 Å². The van der Waals surface area contributed by atoms with Crippen LogP contribution in [0.5, 0.6) is 0 Å². The number of halogens is 1. The van der Waals surface area contributed by atoms with E-state index >= 15 is 0 Å². The Morgan fingerprint density at radius 1 is 1.45 bits per heavy atom. The highest BCUT2D eigenvalue weighted by Crippen LogP contribution is 2.20. The van der Waals surface area contributed by atoms with Crippen molar-refractivity contribution >= 4 is 24.3 Å². The molecule has 1 aromatic heterocycles. The van der Waals surface area contributed by atoms with E-state index in [1.165, 1.54) is 0 Å². The summed E-state index contributed by atoms with van der Waals surface area (Å²) in [6.07, 6.45) is 0.524. The Balaban J connectivity index is 0.00000200. The van der Waals surface area contributed by atoms with Gasteiger partial charge in [0.2, 0.25) is 0 Å². The third-order valence-corrected chi connectivity index (χ3v) is 3.53. The molecular weight excluding hydrogens is 282 g/mol. The lowest BCUT2D eigenvalue weighted by Gasteiger charge is -2.15. The first-order valence-corrected chi connectivity index (χ1v) is 6.46. The van der Waals surface area contributed by atoms with Gasteiger partial charge in [0.05, 0.1) is 11.6 Å². The highest BCUT2D eigenvalue weighted by atomic mass is 35.5. The van der Waals surface area contributed by atoms with Crippen molar-refractivity contribution in [1.29, 1.82) is 0 Å². The normalized spacial score (nSPS) is 18.2. The van der Waals surface area contributed by atoms with Gasteiger partial charge in [0, 0.05) is 20.1 Å². The molecule has 0 radical (unpaired) electrons. The molecule has 112 valence electrons. The molecular formula is C13H20ClN3O3. The smallest absolute Gasteiger partial charge is 0.308 e. The zero-order valence-corrected chi connectivity index (χ0v) is 12.7. The van der Waals surface area contributed by atoms with E-state index < -0.39 is 11.9 Å². The molecule has 0 saturated carbocycles. The van der Waals surface area contributed by atoms with Crippen LogP contribution in [0.25, 0.3) is 0 Å². The number of carbonyl (C=O) groups excluding carboxylic acids is 1. The summed E-state index contributed by atoms with van der Waals surface area (Å²) < 4.78 is 1.58. The molecule has 2 rings (SSSR count). The molecule has 0 aromatic carbocycles. The van der Waals surface area contributed by atoms with Crippen LogP contribution in [0.4, 0.5) is 0 Å². The minimum Gasteiger partial charge on any atom is -0.481 e.